The van der Waals surface area contributed by atoms with Crippen molar-refractivity contribution in [2.75, 3.05) is 19.5 Å². The molecule has 12 nitrogen and oxygen atoms in total. The van der Waals surface area contributed by atoms with Gasteiger partial charge < -0.3 is 24.7 Å². The van der Waals surface area contributed by atoms with Gasteiger partial charge in [0.25, 0.3) is 0 Å². The number of hydrogen-bond donors (Lipinski definition) is 3. The van der Waals surface area contributed by atoms with Gasteiger partial charge in [-0.2, -0.15) is 15.1 Å². The number of nitrogen functional groups attached to an aromatic ring is 1. The summed E-state index contributed by atoms with van der Waals surface area (Å²) < 4.78 is 33.5. The minimum absolute atomic E-state index is 0.0547. The number of ether oxygens (including phenoxy) is 1. The number of carbonyl (C=O) groups is 1. The number of aromatic nitrogens is 4. The van der Waals surface area contributed by atoms with Crippen molar-refractivity contribution >= 4 is 57.5 Å². The van der Waals surface area contributed by atoms with Crippen LogP contribution in [0.3, 0.4) is 0 Å². The first-order valence-corrected chi connectivity index (χ1v) is 14.2. The van der Waals surface area contributed by atoms with Crippen molar-refractivity contribution in [3.05, 3.63) is 47.2 Å². The maximum atomic E-state index is 13.8. The van der Waals surface area contributed by atoms with E-state index in [2.05, 4.69) is 36.0 Å². The lowest BCUT2D eigenvalue weighted by Crippen LogP contribution is -2.35. The minimum atomic E-state index is -4.06. The van der Waals surface area contributed by atoms with E-state index in [1.807, 2.05) is 28.8 Å². The standard InChI is InChI=1S/C24H26BrN6O6P/c1-13(23(32)33)30-38(34,37-19-8-7-18(25)16-5-3-4-6-17(16)19)36-11-14-9-15(10-14)31-12-27-20-21(31)28-24(26)29-22(20)35-2/h3-8,12-15H,9-11H2,1-2H3,(H,30,34)(H,32,33)(H2,26,28,29). The van der Waals surface area contributed by atoms with Gasteiger partial charge in [0.1, 0.15) is 11.8 Å². The van der Waals surface area contributed by atoms with Gasteiger partial charge in [-0.05, 0) is 43.2 Å². The van der Waals surface area contributed by atoms with Crippen LogP contribution in [0.5, 0.6) is 11.6 Å². The minimum Gasteiger partial charge on any atom is -0.480 e. The van der Waals surface area contributed by atoms with Crippen molar-refractivity contribution in [2.45, 2.75) is 31.8 Å². The molecule has 0 aliphatic heterocycles. The highest BCUT2D eigenvalue weighted by Gasteiger charge is 2.37. The highest BCUT2D eigenvalue weighted by atomic mass is 79.9. The molecule has 1 fully saturated rings. The summed E-state index contributed by atoms with van der Waals surface area (Å²) in [6, 6.07) is 9.81. The maximum absolute atomic E-state index is 13.8. The first-order valence-electron chi connectivity index (χ1n) is 11.8. The molecule has 2 unspecified atom stereocenters. The third kappa shape index (κ3) is 5.19. The zero-order valence-electron chi connectivity index (χ0n) is 20.6. The fraction of sp³-hybridized carbons (Fsp3) is 0.333. The molecule has 1 aliphatic rings. The van der Waals surface area contributed by atoms with Crippen LogP contribution in [0.1, 0.15) is 25.8 Å². The number of nitrogens with two attached hydrogens (primary N) is 1. The van der Waals surface area contributed by atoms with Crippen LogP contribution in [-0.2, 0) is 13.9 Å². The van der Waals surface area contributed by atoms with E-state index in [9.17, 15) is 14.5 Å². The number of aliphatic carboxylic acids is 1. The van der Waals surface area contributed by atoms with Gasteiger partial charge in [-0.1, -0.05) is 40.2 Å². The predicted molar refractivity (Wildman–Crippen MR) is 144 cm³/mol. The Morgan fingerprint density at radius 1 is 1.26 bits per heavy atom. The predicted octanol–water partition coefficient (Wildman–Crippen LogP) is 4.55. The van der Waals surface area contributed by atoms with Gasteiger partial charge in [-0.25, -0.2) is 9.55 Å². The molecule has 2 heterocycles. The number of nitrogens with one attached hydrogen (secondary N) is 1. The van der Waals surface area contributed by atoms with Crippen LogP contribution in [0.2, 0.25) is 0 Å². The van der Waals surface area contributed by atoms with Crippen molar-refractivity contribution < 1.29 is 28.3 Å². The fourth-order valence-corrected chi connectivity index (χ4v) is 6.48. The van der Waals surface area contributed by atoms with Gasteiger partial charge in [0.2, 0.25) is 11.8 Å². The molecule has 38 heavy (non-hydrogen) atoms. The third-order valence-corrected chi connectivity index (χ3v) is 8.78. The van der Waals surface area contributed by atoms with E-state index in [1.54, 1.807) is 18.5 Å². The highest BCUT2D eigenvalue weighted by Crippen LogP contribution is 2.49. The van der Waals surface area contributed by atoms with Gasteiger partial charge in [0.05, 0.1) is 20.0 Å². The largest absolute Gasteiger partial charge is 0.480 e. The van der Waals surface area contributed by atoms with E-state index in [-0.39, 0.29) is 24.5 Å². The van der Waals surface area contributed by atoms with Crippen molar-refractivity contribution in [1.82, 2.24) is 24.6 Å². The average molecular weight is 605 g/mol. The second-order valence-corrected chi connectivity index (χ2v) is 11.6. The summed E-state index contributed by atoms with van der Waals surface area (Å²) in [5, 5.41) is 13.5. The van der Waals surface area contributed by atoms with E-state index in [0.717, 1.165) is 9.86 Å². The van der Waals surface area contributed by atoms with E-state index in [1.165, 1.54) is 14.0 Å². The Morgan fingerprint density at radius 2 is 2.00 bits per heavy atom. The molecule has 2 atom stereocenters. The molecule has 5 rings (SSSR count). The lowest BCUT2D eigenvalue weighted by atomic mass is 9.81. The van der Waals surface area contributed by atoms with Crippen LogP contribution in [-0.4, -0.2) is 50.4 Å². The molecule has 0 radical (unpaired) electrons. The molecular weight excluding hydrogens is 579 g/mol. The Bertz CT molecular complexity index is 1560. The van der Waals surface area contributed by atoms with E-state index >= 15 is 0 Å². The molecule has 1 saturated carbocycles. The number of carboxylic acids is 1. The van der Waals surface area contributed by atoms with Crippen LogP contribution >= 0.6 is 23.7 Å². The second kappa shape index (κ2) is 10.5. The number of nitrogens with zero attached hydrogens (tertiary/aromatic N) is 4. The molecule has 4 N–H and O–H groups in total. The molecule has 2 aromatic carbocycles. The first kappa shape index (κ1) is 26.4. The third-order valence-electron chi connectivity index (χ3n) is 6.46. The Hall–Kier alpha value is -3.25. The molecule has 0 bridgehead atoms. The first-order chi connectivity index (χ1) is 18.2. The number of carboxylic acid groups (broad SMARTS) is 1. The number of benzene rings is 2. The Kier molecular flexibility index (Phi) is 7.28. The summed E-state index contributed by atoms with van der Waals surface area (Å²) in [6.45, 7) is 1.49. The van der Waals surface area contributed by atoms with Crippen molar-refractivity contribution in [2.24, 2.45) is 5.92 Å². The Morgan fingerprint density at radius 3 is 2.71 bits per heavy atom. The smallest absolute Gasteiger partial charge is 0.459 e. The summed E-state index contributed by atoms with van der Waals surface area (Å²) >= 11 is 3.51. The summed E-state index contributed by atoms with van der Waals surface area (Å²) in [7, 11) is -2.57. The second-order valence-electron chi connectivity index (χ2n) is 9.07. The normalized spacial score (nSPS) is 19.6. The summed E-state index contributed by atoms with van der Waals surface area (Å²) in [5.41, 5.74) is 6.92. The van der Waals surface area contributed by atoms with E-state index in [0.29, 0.717) is 41.0 Å². The number of fused-ring (bicyclic) bond motifs is 2. The Balaban J connectivity index is 1.31. The number of methoxy groups -OCH3 is 1. The zero-order chi connectivity index (χ0) is 27.0. The number of rotatable bonds is 10. The van der Waals surface area contributed by atoms with Gasteiger partial charge in [-0.15, -0.1) is 0 Å². The molecule has 1 aliphatic carbocycles. The number of hydrogen-bond acceptors (Lipinski definition) is 9. The van der Waals surface area contributed by atoms with Gasteiger partial charge >= 0.3 is 13.7 Å². The van der Waals surface area contributed by atoms with E-state index < -0.39 is 19.8 Å². The van der Waals surface area contributed by atoms with E-state index in [4.69, 9.17) is 19.5 Å². The quantitative estimate of drug-likeness (QED) is 0.217. The lowest BCUT2D eigenvalue weighted by molar-refractivity contribution is -0.138. The molecular formula is C24H26BrN6O6P. The maximum Gasteiger partial charge on any atom is 0.459 e. The molecule has 14 heteroatoms. The molecule has 0 spiro atoms. The summed E-state index contributed by atoms with van der Waals surface area (Å²) in [4.78, 5) is 24.2. The van der Waals surface area contributed by atoms with Gasteiger partial charge in [0.15, 0.2) is 11.2 Å². The van der Waals surface area contributed by atoms with Crippen molar-refractivity contribution in [3.63, 3.8) is 0 Å². The lowest BCUT2D eigenvalue weighted by Gasteiger charge is -2.36. The molecule has 200 valence electrons. The summed E-state index contributed by atoms with van der Waals surface area (Å²) in [6.07, 6.45) is 3.08. The number of imidazole rings is 1. The van der Waals surface area contributed by atoms with Crippen LogP contribution in [0, 0.1) is 5.92 Å². The van der Waals surface area contributed by atoms with Gasteiger partial charge in [-0.3, -0.25) is 9.32 Å². The zero-order valence-corrected chi connectivity index (χ0v) is 23.1. The summed E-state index contributed by atoms with van der Waals surface area (Å²) in [5.74, 6) is -0.403. The topological polar surface area (TPSA) is 164 Å². The van der Waals surface area contributed by atoms with Crippen molar-refractivity contribution in [3.8, 4) is 11.6 Å². The molecule has 0 amide bonds. The molecule has 4 aromatic rings. The molecule has 2 aromatic heterocycles. The number of anilines is 1. The number of halogens is 1. The fourth-order valence-electron chi connectivity index (χ4n) is 4.41. The Labute approximate surface area is 226 Å². The van der Waals surface area contributed by atoms with Crippen LogP contribution < -0.4 is 20.1 Å². The monoisotopic (exact) mass is 604 g/mol. The molecule has 0 saturated heterocycles. The van der Waals surface area contributed by atoms with Gasteiger partial charge in [0, 0.05) is 15.9 Å². The highest BCUT2D eigenvalue weighted by molar-refractivity contribution is 9.10. The average Bonchev–Trinajstić information content (AvgIpc) is 3.27. The van der Waals surface area contributed by atoms with Crippen LogP contribution in [0.15, 0.2) is 47.2 Å². The van der Waals surface area contributed by atoms with Crippen LogP contribution in [0.4, 0.5) is 5.95 Å². The van der Waals surface area contributed by atoms with Crippen LogP contribution in [0.25, 0.3) is 21.9 Å². The van der Waals surface area contributed by atoms with Crippen molar-refractivity contribution in [1.29, 1.82) is 0 Å². The SMILES string of the molecule is COc1nc(N)nc2c1ncn2C1CC(COP(=O)(NC(C)C(=O)O)Oc2ccc(Br)c3ccccc23)C1.